The number of ether oxygens (including phenoxy) is 1. The zero-order chi connectivity index (χ0) is 24.6. The van der Waals surface area contributed by atoms with E-state index in [1.807, 2.05) is 6.07 Å². The lowest BCUT2D eigenvalue weighted by Crippen LogP contribution is -2.50. The number of carboxylic acids is 1. The number of piperazine rings is 1. The number of amides is 2. The Balaban J connectivity index is 1.45. The fourth-order valence-electron chi connectivity index (χ4n) is 3.51. The fraction of sp³-hybridized carbons (Fsp3) is 0.348. The zero-order valence-electron chi connectivity index (χ0n) is 18.5. The van der Waals surface area contributed by atoms with Gasteiger partial charge < -0.3 is 20.1 Å². The van der Waals surface area contributed by atoms with E-state index in [0.29, 0.717) is 0 Å². The van der Waals surface area contributed by atoms with Crippen molar-refractivity contribution < 1.29 is 32.6 Å². The molecule has 0 unspecified atom stereocenters. The molecule has 0 spiro atoms. The molecule has 2 N–H and O–H groups in total. The van der Waals surface area contributed by atoms with Gasteiger partial charge in [-0.05, 0) is 24.1 Å². The number of carbonyl (C=O) groups is 3. The van der Waals surface area contributed by atoms with Gasteiger partial charge in [-0.25, -0.2) is 18.0 Å². The highest BCUT2D eigenvalue weighted by Crippen LogP contribution is 2.18. The molecule has 2 amide bonds. The minimum atomic E-state index is -3.63. The van der Waals surface area contributed by atoms with Crippen LogP contribution in [-0.4, -0.2) is 72.9 Å². The maximum atomic E-state index is 12.7. The number of carboxylic acid groups (broad SMARTS) is 1. The second-order valence-electron chi connectivity index (χ2n) is 7.73. The number of sulfonamides is 1. The van der Waals surface area contributed by atoms with Crippen molar-refractivity contribution in [3.8, 4) is 0 Å². The van der Waals surface area contributed by atoms with Gasteiger partial charge in [-0.3, -0.25) is 4.79 Å². The van der Waals surface area contributed by atoms with Gasteiger partial charge in [-0.2, -0.15) is 4.31 Å². The molecule has 1 aliphatic rings. The van der Waals surface area contributed by atoms with Gasteiger partial charge in [0.05, 0.1) is 4.90 Å². The molecule has 2 aromatic carbocycles. The molecule has 0 bridgehead atoms. The van der Waals surface area contributed by atoms with E-state index in [2.05, 4.69) is 5.32 Å². The van der Waals surface area contributed by atoms with Gasteiger partial charge in [-0.1, -0.05) is 48.5 Å². The molecule has 1 saturated heterocycles. The molecule has 0 radical (unpaired) electrons. The summed E-state index contributed by atoms with van der Waals surface area (Å²) in [6.07, 6.45) is -1.11. The number of hydrogen-bond donors (Lipinski definition) is 2. The van der Waals surface area contributed by atoms with E-state index in [0.717, 1.165) is 5.56 Å². The summed E-state index contributed by atoms with van der Waals surface area (Å²) in [6, 6.07) is 15.7. The molecule has 1 atom stereocenters. The second kappa shape index (κ2) is 11.6. The molecule has 182 valence electrons. The monoisotopic (exact) mass is 489 g/mol. The third kappa shape index (κ3) is 6.78. The van der Waals surface area contributed by atoms with E-state index < -0.39 is 28.1 Å². The maximum Gasteiger partial charge on any atom is 0.408 e. The predicted molar refractivity (Wildman–Crippen MR) is 122 cm³/mol. The molecule has 0 aromatic heterocycles. The maximum absolute atomic E-state index is 12.7. The van der Waals surface area contributed by atoms with Crippen LogP contribution >= 0.6 is 0 Å². The van der Waals surface area contributed by atoms with Crippen LogP contribution in [0, 0.1) is 0 Å². The summed E-state index contributed by atoms with van der Waals surface area (Å²) in [7, 11) is -3.63. The minimum Gasteiger partial charge on any atom is -0.480 e. The van der Waals surface area contributed by atoms with Crippen molar-refractivity contribution in [3.63, 3.8) is 0 Å². The Labute approximate surface area is 198 Å². The SMILES string of the molecule is O=C(N[C@@H](CCC(=O)N1CCN(S(=O)(=O)c2ccccc2)CC1)C(=O)O)OCc1ccccc1. The van der Waals surface area contributed by atoms with Crippen molar-refractivity contribution >= 4 is 28.0 Å². The van der Waals surface area contributed by atoms with E-state index in [1.54, 1.807) is 42.5 Å². The van der Waals surface area contributed by atoms with Crippen LogP contribution < -0.4 is 5.32 Å². The lowest BCUT2D eigenvalue weighted by Gasteiger charge is -2.34. The Kier molecular flexibility index (Phi) is 8.61. The Bertz CT molecular complexity index is 1090. The Morgan fingerprint density at radius 3 is 2.12 bits per heavy atom. The summed E-state index contributed by atoms with van der Waals surface area (Å²) in [5.41, 5.74) is 0.758. The number of alkyl carbamates (subject to hydrolysis) is 1. The van der Waals surface area contributed by atoms with Crippen molar-refractivity contribution in [1.82, 2.24) is 14.5 Å². The number of rotatable bonds is 9. The standard InChI is InChI=1S/C23H27N3O7S/c27-21(25-13-15-26(16-14-25)34(31,32)19-9-5-2-6-10-19)12-11-20(22(28)29)24-23(30)33-17-18-7-3-1-4-8-18/h1-10,20H,11-17H2,(H,24,30)(H,28,29)/t20-/m0/s1. The number of hydrogen-bond acceptors (Lipinski definition) is 6. The first-order valence-corrected chi connectivity index (χ1v) is 12.2. The molecule has 34 heavy (non-hydrogen) atoms. The number of carbonyl (C=O) groups excluding carboxylic acids is 2. The minimum absolute atomic E-state index is 0.00584. The van der Waals surface area contributed by atoms with E-state index in [9.17, 15) is 27.9 Å². The Morgan fingerprint density at radius 2 is 1.53 bits per heavy atom. The molecular weight excluding hydrogens is 462 g/mol. The van der Waals surface area contributed by atoms with Gasteiger partial charge in [-0.15, -0.1) is 0 Å². The van der Waals surface area contributed by atoms with Crippen LogP contribution in [-0.2, 0) is 31.0 Å². The summed E-state index contributed by atoms with van der Waals surface area (Å²) >= 11 is 0. The number of nitrogens with one attached hydrogen (secondary N) is 1. The van der Waals surface area contributed by atoms with E-state index in [4.69, 9.17) is 4.74 Å². The molecule has 3 rings (SSSR count). The van der Waals surface area contributed by atoms with Crippen LogP contribution in [0.25, 0.3) is 0 Å². The highest BCUT2D eigenvalue weighted by atomic mass is 32.2. The summed E-state index contributed by atoms with van der Waals surface area (Å²) in [4.78, 5) is 37.8. The average molecular weight is 490 g/mol. The van der Waals surface area contributed by atoms with E-state index >= 15 is 0 Å². The first-order valence-electron chi connectivity index (χ1n) is 10.8. The fourth-order valence-corrected chi connectivity index (χ4v) is 4.95. The first-order chi connectivity index (χ1) is 16.3. The van der Waals surface area contributed by atoms with E-state index in [1.165, 1.54) is 21.3 Å². The average Bonchev–Trinajstić information content (AvgIpc) is 2.86. The van der Waals surface area contributed by atoms with Crippen molar-refractivity contribution in [2.75, 3.05) is 26.2 Å². The summed E-state index contributed by atoms with van der Waals surface area (Å²) in [5, 5.41) is 11.7. The van der Waals surface area contributed by atoms with Gasteiger partial charge >= 0.3 is 12.1 Å². The quantitative estimate of drug-likeness (QED) is 0.547. The van der Waals surface area contributed by atoms with Crippen LogP contribution in [0.3, 0.4) is 0 Å². The van der Waals surface area contributed by atoms with Crippen molar-refractivity contribution in [3.05, 3.63) is 66.2 Å². The molecule has 1 fully saturated rings. The molecule has 0 aliphatic carbocycles. The first kappa shape index (κ1) is 25.2. The Morgan fingerprint density at radius 1 is 0.941 bits per heavy atom. The number of nitrogens with zero attached hydrogens (tertiary/aromatic N) is 2. The van der Waals surface area contributed by atoms with Crippen molar-refractivity contribution in [1.29, 1.82) is 0 Å². The van der Waals surface area contributed by atoms with Crippen LogP contribution in [0.4, 0.5) is 4.79 Å². The molecule has 10 nitrogen and oxygen atoms in total. The Hall–Kier alpha value is -3.44. The van der Waals surface area contributed by atoms with Gasteiger partial charge in [0.1, 0.15) is 12.6 Å². The lowest BCUT2D eigenvalue weighted by molar-refractivity contribution is -0.140. The highest BCUT2D eigenvalue weighted by molar-refractivity contribution is 7.89. The highest BCUT2D eigenvalue weighted by Gasteiger charge is 2.30. The van der Waals surface area contributed by atoms with Crippen LogP contribution in [0.1, 0.15) is 18.4 Å². The van der Waals surface area contributed by atoms with Crippen LogP contribution in [0.5, 0.6) is 0 Å². The molecular formula is C23H27N3O7S. The van der Waals surface area contributed by atoms with Gasteiger partial charge in [0.25, 0.3) is 0 Å². The second-order valence-corrected chi connectivity index (χ2v) is 9.67. The smallest absolute Gasteiger partial charge is 0.408 e. The molecule has 0 saturated carbocycles. The summed E-state index contributed by atoms with van der Waals surface area (Å²) < 4.78 is 31.8. The zero-order valence-corrected chi connectivity index (χ0v) is 19.3. The lowest BCUT2D eigenvalue weighted by atomic mass is 10.1. The predicted octanol–water partition coefficient (Wildman–Crippen LogP) is 1.68. The number of benzene rings is 2. The topological polar surface area (TPSA) is 133 Å². The molecule has 1 aliphatic heterocycles. The summed E-state index contributed by atoms with van der Waals surface area (Å²) in [6.45, 7) is 0.698. The third-order valence-corrected chi connectivity index (χ3v) is 7.34. The molecule has 1 heterocycles. The van der Waals surface area contributed by atoms with Gasteiger partial charge in [0, 0.05) is 32.6 Å². The van der Waals surface area contributed by atoms with Crippen molar-refractivity contribution in [2.45, 2.75) is 30.4 Å². The van der Waals surface area contributed by atoms with Gasteiger partial charge in [0.15, 0.2) is 0 Å². The molecule has 2 aromatic rings. The van der Waals surface area contributed by atoms with Crippen molar-refractivity contribution in [2.24, 2.45) is 0 Å². The van der Waals surface area contributed by atoms with Gasteiger partial charge in [0.2, 0.25) is 15.9 Å². The van der Waals surface area contributed by atoms with E-state index in [-0.39, 0.29) is 56.4 Å². The summed E-state index contributed by atoms with van der Waals surface area (Å²) in [5.74, 6) is -1.58. The number of aliphatic carboxylic acids is 1. The van der Waals surface area contributed by atoms with Crippen LogP contribution in [0.2, 0.25) is 0 Å². The normalized spacial score (nSPS) is 15.4. The third-order valence-electron chi connectivity index (χ3n) is 5.42. The van der Waals surface area contributed by atoms with Crippen LogP contribution in [0.15, 0.2) is 65.6 Å². The largest absolute Gasteiger partial charge is 0.480 e. The molecule has 11 heteroatoms.